The first-order chi connectivity index (χ1) is 8.56. The van der Waals surface area contributed by atoms with Crippen LogP contribution in [-0.2, 0) is 6.54 Å². The number of phenolic OH excluding ortho intramolecular Hbond substituents is 2. The van der Waals surface area contributed by atoms with Crippen molar-refractivity contribution in [2.45, 2.75) is 6.54 Å². The summed E-state index contributed by atoms with van der Waals surface area (Å²) in [6, 6.07) is 9.58. The second-order valence-corrected chi connectivity index (χ2v) is 4.63. The van der Waals surface area contributed by atoms with Gasteiger partial charge in [-0.2, -0.15) is 0 Å². The fourth-order valence-electron chi connectivity index (χ4n) is 1.53. The highest BCUT2D eigenvalue weighted by molar-refractivity contribution is 6.36. The molecule has 0 amide bonds. The smallest absolute Gasteiger partial charge is 0.124 e. The predicted molar refractivity (Wildman–Crippen MR) is 73.6 cm³/mol. The summed E-state index contributed by atoms with van der Waals surface area (Å²) in [6.07, 6.45) is 0. The van der Waals surface area contributed by atoms with Crippen LogP contribution in [0.3, 0.4) is 0 Å². The molecule has 0 aliphatic heterocycles. The topological polar surface area (TPSA) is 52.5 Å². The second-order valence-electron chi connectivity index (χ2n) is 3.79. The Hall–Kier alpha value is -1.58. The van der Waals surface area contributed by atoms with Crippen molar-refractivity contribution < 1.29 is 10.2 Å². The first kappa shape index (κ1) is 12.9. The molecule has 5 heteroatoms. The molecule has 0 saturated carbocycles. The van der Waals surface area contributed by atoms with E-state index in [0.29, 0.717) is 22.2 Å². The summed E-state index contributed by atoms with van der Waals surface area (Å²) in [5.41, 5.74) is 1.40. The van der Waals surface area contributed by atoms with Crippen LogP contribution < -0.4 is 5.32 Å². The van der Waals surface area contributed by atoms with Gasteiger partial charge in [-0.1, -0.05) is 23.2 Å². The van der Waals surface area contributed by atoms with Gasteiger partial charge in [0.15, 0.2) is 0 Å². The standard InChI is InChI=1S/C13H11Cl2NO2/c14-9-2-4-12(11(15)5-9)16-7-8-1-3-10(17)6-13(8)18/h1-6,16-18H,7H2. The number of hydrogen-bond donors (Lipinski definition) is 3. The van der Waals surface area contributed by atoms with Gasteiger partial charge in [-0.15, -0.1) is 0 Å². The van der Waals surface area contributed by atoms with Gasteiger partial charge in [-0.3, -0.25) is 0 Å². The summed E-state index contributed by atoms with van der Waals surface area (Å²) in [5, 5.41) is 23.0. The van der Waals surface area contributed by atoms with Crippen molar-refractivity contribution in [3.8, 4) is 11.5 Å². The molecule has 3 N–H and O–H groups in total. The molecular formula is C13H11Cl2NO2. The Morgan fingerprint density at radius 3 is 2.44 bits per heavy atom. The zero-order chi connectivity index (χ0) is 13.1. The maximum atomic E-state index is 9.63. The third-order valence-electron chi connectivity index (χ3n) is 2.47. The van der Waals surface area contributed by atoms with Gasteiger partial charge in [0, 0.05) is 23.2 Å². The highest BCUT2D eigenvalue weighted by Crippen LogP contribution is 2.27. The van der Waals surface area contributed by atoms with E-state index in [1.54, 1.807) is 24.3 Å². The Morgan fingerprint density at radius 1 is 1.00 bits per heavy atom. The van der Waals surface area contributed by atoms with Gasteiger partial charge in [-0.25, -0.2) is 0 Å². The molecule has 18 heavy (non-hydrogen) atoms. The van der Waals surface area contributed by atoms with E-state index < -0.39 is 0 Å². The van der Waals surface area contributed by atoms with E-state index >= 15 is 0 Å². The third kappa shape index (κ3) is 3.00. The van der Waals surface area contributed by atoms with Crippen LogP contribution in [0.1, 0.15) is 5.56 Å². The summed E-state index contributed by atoms with van der Waals surface area (Å²) in [5.74, 6) is 0.0633. The monoisotopic (exact) mass is 283 g/mol. The predicted octanol–water partition coefficient (Wildman–Crippen LogP) is 4.02. The quantitative estimate of drug-likeness (QED) is 0.798. The number of halogens is 2. The molecule has 0 aliphatic rings. The number of phenols is 2. The van der Waals surface area contributed by atoms with Gasteiger partial charge in [0.1, 0.15) is 11.5 Å². The van der Waals surface area contributed by atoms with Gasteiger partial charge < -0.3 is 15.5 Å². The third-order valence-corrected chi connectivity index (χ3v) is 3.02. The van der Waals surface area contributed by atoms with Crippen LogP contribution in [0, 0.1) is 0 Å². The molecule has 0 bridgehead atoms. The Bertz CT molecular complexity index is 521. The lowest BCUT2D eigenvalue weighted by atomic mass is 10.2. The van der Waals surface area contributed by atoms with Gasteiger partial charge >= 0.3 is 0 Å². The SMILES string of the molecule is Oc1ccc(CNc2ccc(Cl)cc2Cl)c(O)c1. The molecule has 0 unspecified atom stereocenters. The fraction of sp³-hybridized carbons (Fsp3) is 0.0769. The number of rotatable bonds is 3. The Balaban J connectivity index is 2.11. The number of benzene rings is 2. The minimum atomic E-state index is 0.0285. The maximum absolute atomic E-state index is 9.63. The molecule has 2 aromatic rings. The lowest BCUT2D eigenvalue weighted by Crippen LogP contribution is -2.00. The van der Waals surface area contributed by atoms with Gasteiger partial charge in [0.25, 0.3) is 0 Å². The first-order valence-electron chi connectivity index (χ1n) is 5.26. The van der Waals surface area contributed by atoms with Gasteiger partial charge in [0.2, 0.25) is 0 Å². The molecule has 0 radical (unpaired) electrons. The van der Waals surface area contributed by atoms with E-state index in [-0.39, 0.29) is 11.5 Å². The zero-order valence-corrected chi connectivity index (χ0v) is 10.8. The van der Waals surface area contributed by atoms with E-state index in [1.165, 1.54) is 12.1 Å². The van der Waals surface area contributed by atoms with Crippen molar-refractivity contribution in [3.63, 3.8) is 0 Å². The lowest BCUT2D eigenvalue weighted by Gasteiger charge is -2.10. The number of aromatic hydroxyl groups is 2. The molecule has 0 atom stereocenters. The number of nitrogens with one attached hydrogen (secondary N) is 1. The Morgan fingerprint density at radius 2 is 1.78 bits per heavy atom. The van der Waals surface area contributed by atoms with E-state index in [4.69, 9.17) is 23.2 Å². The minimum absolute atomic E-state index is 0.0285. The molecule has 94 valence electrons. The number of hydrogen-bond acceptors (Lipinski definition) is 3. The summed E-state index contributed by atoms with van der Waals surface area (Å²) >= 11 is 11.8. The van der Waals surface area contributed by atoms with Gasteiger partial charge in [-0.05, 0) is 30.3 Å². The van der Waals surface area contributed by atoms with E-state index in [2.05, 4.69) is 5.32 Å². The summed E-state index contributed by atoms with van der Waals surface area (Å²) in [6.45, 7) is 0.396. The molecule has 0 aliphatic carbocycles. The van der Waals surface area contributed by atoms with Crippen molar-refractivity contribution in [1.29, 1.82) is 0 Å². The van der Waals surface area contributed by atoms with Crippen molar-refractivity contribution in [2.75, 3.05) is 5.32 Å². The highest BCUT2D eigenvalue weighted by atomic mass is 35.5. The fourth-order valence-corrected chi connectivity index (χ4v) is 2.00. The minimum Gasteiger partial charge on any atom is -0.508 e. The van der Waals surface area contributed by atoms with Crippen LogP contribution in [0.15, 0.2) is 36.4 Å². The van der Waals surface area contributed by atoms with Crippen molar-refractivity contribution in [2.24, 2.45) is 0 Å². The average molecular weight is 284 g/mol. The van der Waals surface area contributed by atoms with E-state index in [0.717, 1.165) is 5.69 Å². The molecular weight excluding hydrogens is 273 g/mol. The average Bonchev–Trinajstić information content (AvgIpc) is 2.30. The summed E-state index contributed by atoms with van der Waals surface area (Å²) < 4.78 is 0. The maximum Gasteiger partial charge on any atom is 0.124 e. The molecule has 0 saturated heterocycles. The Kier molecular flexibility index (Phi) is 3.84. The van der Waals surface area contributed by atoms with Crippen LogP contribution in [-0.4, -0.2) is 10.2 Å². The van der Waals surface area contributed by atoms with Crippen molar-refractivity contribution in [3.05, 3.63) is 52.0 Å². The van der Waals surface area contributed by atoms with Crippen molar-refractivity contribution in [1.82, 2.24) is 0 Å². The van der Waals surface area contributed by atoms with E-state index in [9.17, 15) is 10.2 Å². The van der Waals surface area contributed by atoms with Crippen LogP contribution in [0.2, 0.25) is 10.0 Å². The molecule has 2 aromatic carbocycles. The largest absolute Gasteiger partial charge is 0.508 e. The lowest BCUT2D eigenvalue weighted by molar-refractivity contribution is 0.446. The van der Waals surface area contributed by atoms with Gasteiger partial charge in [0.05, 0.1) is 10.7 Å². The highest BCUT2D eigenvalue weighted by Gasteiger charge is 2.04. The zero-order valence-electron chi connectivity index (χ0n) is 9.32. The van der Waals surface area contributed by atoms with Crippen LogP contribution in [0.4, 0.5) is 5.69 Å². The van der Waals surface area contributed by atoms with Crippen LogP contribution in [0.25, 0.3) is 0 Å². The Labute approximate surface area is 115 Å². The first-order valence-corrected chi connectivity index (χ1v) is 6.01. The second kappa shape index (κ2) is 5.38. The molecule has 0 fully saturated rings. The molecule has 2 rings (SSSR count). The van der Waals surface area contributed by atoms with Crippen molar-refractivity contribution >= 4 is 28.9 Å². The van der Waals surface area contributed by atoms with Crippen LogP contribution >= 0.6 is 23.2 Å². The summed E-state index contributed by atoms with van der Waals surface area (Å²) in [4.78, 5) is 0. The molecule has 0 spiro atoms. The molecule has 3 nitrogen and oxygen atoms in total. The normalized spacial score (nSPS) is 10.3. The van der Waals surface area contributed by atoms with Crippen LogP contribution in [0.5, 0.6) is 11.5 Å². The molecule has 0 aromatic heterocycles. The molecule has 0 heterocycles. The number of anilines is 1. The van der Waals surface area contributed by atoms with E-state index in [1.807, 2.05) is 0 Å². The summed E-state index contributed by atoms with van der Waals surface area (Å²) in [7, 11) is 0.